The fraction of sp³-hybridized carbons (Fsp3) is 0.381. The number of thioether (sulfide) groups is 1. The predicted molar refractivity (Wildman–Crippen MR) is 103 cm³/mol. The third-order valence-electron chi connectivity index (χ3n) is 4.98. The van der Waals surface area contributed by atoms with Gasteiger partial charge in [0.2, 0.25) is 5.91 Å². The van der Waals surface area contributed by atoms with Crippen molar-refractivity contribution in [2.24, 2.45) is 0 Å². The Morgan fingerprint density at radius 1 is 1.15 bits per heavy atom. The van der Waals surface area contributed by atoms with Crippen molar-refractivity contribution in [3.63, 3.8) is 0 Å². The summed E-state index contributed by atoms with van der Waals surface area (Å²) in [5, 5.41) is 3.09. The molecule has 1 amide bonds. The Hall–Kier alpha value is -1.85. The number of ether oxygens (including phenoxy) is 1. The molecule has 1 heterocycles. The molecule has 26 heavy (non-hydrogen) atoms. The summed E-state index contributed by atoms with van der Waals surface area (Å²) in [7, 11) is 0. The van der Waals surface area contributed by atoms with Gasteiger partial charge in [-0.3, -0.25) is 4.79 Å². The Labute approximate surface area is 158 Å². The van der Waals surface area contributed by atoms with Crippen LogP contribution in [0.3, 0.4) is 0 Å². The summed E-state index contributed by atoms with van der Waals surface area (Å²) in [5.41, 5.74) is 2.06. The van der Waals surface area contributed by atoms with Crippen LogP contribution in [-0.2, 0) is 14.9 Å². The molecule has 0 aromatic heterocycles. The molecule has 2 aromatic rings. The van der Waals surface area contributed by atoms with E-state index in [4.69, 9.17) is 4.74 Å². The molecule has 0 saturated carbocycles. The molecule has 3 nitrogen and oxygen atoms in total. The summed E-state index contributed by atoms with van der Waals surface area (Å²) in [6.07, 6.45) is 1.65. The van der Waals surface area contributed by atoms with E-state index in [9.17, 15) is 9.18 Å². The van der Waals surface area contributed by atoms with E-state index in [0.29, 0.717) is 25.5 Å². The summed E-state index contributed by atoms with van der Waals surface area (Å²) in [6, 6.07) is 14.7. The SMILES string of the molecule is Cc1ccccc1SCC(=O)NCC1(c2ccc(F)cc2)CCOCC1. The number of aryl methyl sites for hydroxylation is 1. The first-order chi connectivity index (χ1) is 12.6. The highest BCUT2D eigenvalue weighted by Crippen LogP contribution is 2.34. The summed E-state index contributed by atoms with van der Waals surface area (Å²) in [6.45, 7) is 3.91. The number of halogens is 1. The molecule has 1 N–H and O–H groups in total. The van der Waals surface area contributed by atoms with Gasteiger partial charge >= 0.3 is 0 Å². The number of benzene rings is 2. The van der Waals surface area contributed by atoms with Crippen LogP contribution in [0.15, 0.2) is 53.4 Å². The van der Waals surface area contributed by atoms with Gasteiger partial charge in [0.1, 0.15) is 5.82 Å². The number of hydrogen-bond acceptors (Lipinski definition) is 3. The van der Waals surface area contributed by atoms with Gasteiger partial charge in [0.25, 0.3) is 0 Å². The zero-order valence-corrected chi connectivity index (χ0v) is 15.8. The minimum atomic E-state index is -0.241. The summed E-state index contributed by atoms with van der Waals surface area (Å²) >= 11 is 1.55. The molecule has 1 aliphatic heterocycles. The van der Waals surface area contributed by atoms with Crippen LogP contribution >= 0.6 is 11.8 Å². The highest BCUT2D eigenvalue weighted by atomic mass is 32.2. The van der Waals surface area contributed by atoms with E-state index in [-0.39, 0.29) is 17.1 Å². The molecule has 0 bridgehead atoms. The third kappa shape index (κ3) is 4.65. The summed E-state index contributed by atoms with van der Waals surface area (Å²) in [5.74, 6) is 0.168. The van der Waals surface area contributed by atoms with E-state index in [0.717, 1.165) is 23.3 Å². The maximum Gasteiger partial charge on any atom is 0.230 e. The van der Waals surface area contributed by atoms with Crippen LogP contribution in [0.1, 0.15) is 24.0 Å². The van der Waals surface area contributed by atoms with Gasteiger partial charge in [0.15, 0.2) is 0 Å². The van der Waals surface area contributed by atoms with E-state index < -0.39 is 0 Å². The molecule has 0 radical (unpaired) electrons. The van der Waals surface area contributed by atoms with E-state index in [1.54, 1.807) is 11.8 Å². The second kappa shape index (κ2) is 8.69. The highest BCUT2D eigenvalue weighted by Gasteiger charge is 2.34. The monoisotopic (exact) mass is 373 g/mol. The van der Waals surface area contributed by atoms with Crippen molar-refractivity contribution < 1.29 is 13.9 Å². The van der Waals surface area contributed by atoms with Crippen LogP contribution in [0.5, 0.6) is 0 Å². The van der Waals surface area contributed by atoms with E-state index in [1.165, 1.54) is 17.7 Å². The lowest BCUT2D eigenvalue weighted by molar-refractivity contribution is -0.119. The average Bonchev–Trinajstić information content (AvgIpc) is 2.67. The van der Waals surface area contributed by atoms with Gasteiger partial charge in [-0.1, -0.05) is 30.3 Å². The first kappa shape index (κ1) is 18.9. The smallest absolute Gasteiger partial charge is 0.230 e. The molecule has 138 valence electrons. The van der Waals surface area contributed by atoms with Crippen molar-refractivity contribution in [1.82, 2.24) is 5.32 Å². The van der Waals surface area contributed by atoms with Crippen LogP contribution in [0.25, 0.3) is 0 Å². The maximum absolute atomic E-state index is 13.3. The molecule has 3 rings (SSSR count). The van der Waals surface area contributed by atoms with Crippen molar-refractivity contribution in [2.45, 2.75) is 30.1 Å². The zero-order chi connectivity index (χ0) is 18.4. The fourth-order valence-corrected chi connectivity index (χ4v) is 4.17. The summed E-state index contributed by atoms with van der Waals surface area (Å²) in [4.78, 5) is 13.5. The van der Waals surface area contributed by atoms with Crippen molar-refractivity contribution in [2.75, 3.05) is 25.5 Å². The van der Waals surface area contributed by atoms with Gasteiger partial charge in [0, 0.05) is 30.1 Å². The van der Waals surface area contributed by atoms with Crippen LogP contribution in [-0.4, -0.2) is 31.4 Å². The first-order valence-corrected chi connectivity index (χ1v) is 9.87. The topological polar surface area (TPSA) is 38.3 Å². The van der Waals surface area contributed by atoms with Gasteiger partial charge < -0.3 is 10.1 Å². The molecule has 1 saturated heterocycles. The largest absolute Gasteiger partial charge is 0.381 e. The second-order valence-electron chi connectivity index (χ2n) is 6.73. The van der Waals surface area contributed by atoms with E-state index in [2.05, 4.69) is 5.32 Å². The van der Waals surface area contributed by atoms with Gasteiger partial charge in [-0.05, 0) is 49.1 Å². The normalized spacial score (nSPS) is 16.2. The lowest BCUT2D eigenvalue weighted by atomic mass is 9.74. The molecule has 5 heteroatoms. The maximum atomic E-state index is 13.3. The molecular formula is C21H24FNO2S. The van der Waals surface area contributed by atoms with Gasteiger partial charge in [-0.15, -0.1) is 11.8 Å². The van der Waals surface area contributed by atoms with Gasteiger partial charge in [-0.2, -0.15) is 0 Å². The molecule has 0 aliphatic carbocycles. The Kier molecular flexibility index (Phi) is 6.33. The van der Waals surface area contributed by atoms with Crippen molar-refractivity contribution in [1.29, 1.82) is 0 Å². The standard InChI is InChI=1S/C21H24FNO2S/c1-16-4-2-3-5-19(16)26-14-20(24)23-15-21(10-12-25-13-11-21)17-6-8-18(22)9-7-17/h2-9H,10-15H2,1H3,(H,23,24). The Morgan fingerprint density at radius 2 is 1.85 bits per heavy atom. The Bertz CT molecular complexity index is 742. The summed E-state index contributed by atoms with van der Waals surface area (Å²) < 4.78 is 18.8. The third-order valence-corrected chi connectivity index (χ3v) is 6.16. The minimum absolute atomic E-state index is 0.0197. The molecule has 1 fully saturated rings. The Balaban J connectivity index is 1.61. The van der Waals surface area contributed by atoms with Crippen LogP contribution in [0, 0.1) is 12.7 Å². The molecule has 0 spiro atoms. The van der Waals surface area contributed by atoms with Crippen molar-refractivity contribution in [3.8, 4) is 0 Å². The molecule has 2 aromatic carbocycles. The Morgan fingerprint density at radius 3 is 2.54 bits per heavy atom. The zero-order valence-electron chi connectivity index (χ0n) is 15.0. The van der Waals surface area contributed by atoms with Crippen molar-refractivity contribution in [3.05, 3.63) is 65.5 Å². The molecule has 0 unspecified atom stereocenters. The van der Waals surface area contributed by atoms with Crippen LogP contribution < -0.4 is 5.32 Å². The number of rotatable bonds is 6. The van der Waals surface area contributed by atoms with Crippen molar-refractivity contribution >= 4 is 17.7 Å². The quantitative estimate of drug-likeness (QED) is 0.775. The number of hydrogen-bond donors (Lipinski definition) is 1. The lowest BCUT2D eigenvalue weighted by Gasteiger charge is -2.38. The number of nitrogens with one attached hydrogen (secondary N) is 1. The second-order valence-corrected chi connectivity index (χ2v) is 7.75. The number of amides is 1. The number of carbonyl (C=O) groups excluding carboxylic acids is 1. The molecule has 1 aliphatic rings. The average molecular weight is 373 g/mol. The van der Waals surface area contributed by atoms with Gasteiger partial charge in [-0.25, -0.2) is 4.39 Å². The number of carbonyl (C=O) groups is 1. The van der Waals surface area contributed by atoms with Crippen LogP contribution in [0.2, 0.25) is 0 Å². The molecule has 0 atom stereocenters. The first-order valence-electron chi connectivity index (χ1n) is 8.88. The lowest BCUT2D eigenvalue weighted by Crippen LogP contribution is -2.45. The highest BCUT2D eigenvalue weighted by molar-refractivity contribution is 8.00. The van der Waals surface area contributed by atoms with E-state index >= 15 is 0 Å². The minimum Gasteiger partial charge on any atom is -0.381 e. The van der Waals surface area contributed by atoms with Gasteiger partial charge in [0.05, 0.1) is 5.75 Å². The van der Waals surface area contributed by atoms with Crippen LogP contribution in [0.4, 0.5) is 4.39 Å². The predicted octanol–water partition coefficient (Wildman–Crippen LogP) is 4.09. The fourth-order valence-electron chi connectivity index (χ4n) is 3.31. The molecular weight excluding hydrogens is 349 g/mol. The van der Waals surface area contributed by atoms with E-state index in [1.807, 2.05) is 43.3 Å².